The maximum atomic E-state index is 12.2. The third kappa shape index (κ3) is 3.47. The topological polar surface area (TPSA) is 112 Å². The summed E-state index contributed by atoms with van der Waals surface area (Å²) in [5, 5.41) is 10.2. The molecule has 1 heterocycles. The Balaban J connectivity index is 2.15. The predicted octanol–water partition coefficient (Wildman–Crippen LogP) is 1.21. The van der Waals surface area contributed by atoms with E-state index in [-0.39, 0.29) is 24.0 Å². The number of aromatic nitrogens is 3. The largest absolute Gasteiger partial charge is 0.464 e. The second kappa shape index (κ2) is 6.47. The summed E-state index contributed by atoms with van der Waals surface area (Å²) in [4.78, 5) is 23.6. The van der Waals surface area contributed by atoms with E-state index < -0.39 is 5.97 Å². The van der Waals surface area contributed by atoms with E-state index in [0.717, 1.165) is 27.1 Å². The van der Waals surface area contributed by atoms with E-state index in [1.165, 1.54) is 7.11 Å². The van der Waals surface area contributed by atoms with Crippen molar-refractivity contribution >= 4 is 23.4 Å². The fraction of sp³-hybridized carbons (Fsp3) is 0.333. The summed E-state index contributed by atoms with van der Waals surface area (Å²) in [6.45, 7) is 5.70. The smallest absolute Gasteiger partial charge is 0.362 e. The number of methoxy groups -OCH3 is 1. The maximum absolute atomic E-state index is 12.2. The molecular formula is C15H19N5O3. The van der Waals surface area contributed by atoms with Crippen LogP contribution in [0.2, 0.25) is 0 Å². The van der Waals surface area contributed by atoms with Gasteiger partial charge in [-0.25, -0.2) is 9.48 Å². The molecule has 1 aromatic carbocycles. The number of ether oxygens (including phenoxy) is 1. The van der Waals surface area contributed by atoms with Crippen LogP contribution in [0.1, 0.15) is 27.2 Å². The van der Waals surface area contributed by atoms with Crippen LogP contribution in [0.3, 0.4) is 0 Å². The molecule has 0 aliphatic heterocycles. The average Bonchev–Trinajstić information content (AvgIpc) is 2.83. The Morgan fingerprint density at radius 2 is 1.87 bits per heavy atom. The van der Waals surface area contributed by atoms with Crippen LogP contribution in [0.15, 0.2) is 12.1 Å². The highest BCUT2D eigenvalue weighted by Crippen LogP contribution is 2.22. The lowest BCUT2D eigenvalue weighted by atomic mass is 10.1. The van der Waals surface area contributed by atoms with E-state index >= 15 is 0 Å². The van der Waals surface area contributed by atoms with Gasteiger partial charge in [0.15, 0.2) is 5.82 Å². The van der Waals surface area contributed by atoms with Gasteiger partial charge in [0, 0.05) is 5.69 Å². The molecule has 2 rings (SSSR count). The number of nitrogen functional groups attached to an aromatic ring is 1. The van der Waals surface area contributed by atoms with E-state index in [9.17, 15) is 9.59 Å². The van der Waals surface area contributed by atoms with Gasteiger partial charge < -0.3 is 15.8 Å². The minimum atomic E-state index is -0.695. The zero-order valence-corrected chi connectivity index (χ0v) is 13.5. The Morgan fingerprint density at radius 1 is 1.26 bits per heavy atom. The van der Waals surface area contributed by atoms with E-state index in [1.807, 2.05) is 32.9 Å². The molecule has 3 N–H and O–H groups in total. The summed E-state index contributed by atoms with van der Waals surface area (Å²) in [5.74, 6) is -1.02. The molecule has 23 heavy (non-hydrogen) atoms. The molecule has 0 spiro atoms. The standard InChI is InChI=1S/C15H19N5O3/c1-8-5-9(2)12(10(3)6-8)17-11(21)7-20-14(16)13(18-19-20)15(22)23-4/h5-6H,7,16H2,1-4H3,(H,17,21). The molecule has 2 aromatic rings. The molecule has 0 aliphatic rings. The fourth-order valence-electron chi connectivity index (χ4n) is 2.37. The van der Waals surface area contributed by atoms with Gasteiger partial charge in [-0.1, -0.05) is 22.9 Å². The van der Waals surface area contributed by atoms with Crippen molar-refractivity contribution in [1.82, 2.24) is 15.0 Å². The lowest BCUT2D eigenvalue weighted by molar-refractivity contribution is -0.116. The van der Waals surface area contributed by atoms with Crippen molar-refractivity contribution < 1.29 is 14.3 Å². The molecule has 0 radical (unpaired) electrons. The number of hydrogen-bond donors (Lipinski definition) is 2. The Kier molecular flexibility index (Phi) is 4.63. The summed E-state index contributed by atoms with van der Waals surface area (Å²) in [7, 11) is 1.22. The first-order valence-electron chi connectivity index (χ1n) is 6.98. The number of nitrogens with one attached hydrogen (secondary N) is 1. The second-order valence-corrected chi connectivity index (χ2v) is 5.29. The molecule has 122 valence electrons. The van der Waals surface area contributed by atoms with Crippen molar-refractivity contribution in [3.8, 4) is 0 Å². The van der Waals surface area contributed by atoms with Gasteiger partial charge in [0.25, 0.3) is 0 Å². The SMILES string of the molecule is COC(=O)c1nnn(CC(=O)Nc2c(C)cc(C)cc2C)c1N. The molecule has 0 saturated carbocycles. The quantitative estimate of drug-likeness (QED) is 0.820. The van der Waals surface area contributed by atoms with E-state index in [2.05, 4.69) is 20.4 Å². The Bertz CT molecular complexity index is 743. The zero-order valence-electron chi connectivity index (χ0n) is 13.5. The van der Waals surface area contributed by atoms with Crippen LogP contribution in [-0.4, -0.2) is 34.0 Å². The fourth-order valence-corrected chi connectivity index (χ4v) is 2.37. The van der Waals surface area contributed by atoms with E-state index in [1.54, 1.807) is 0 Å². The number of nitrogens with two attached hydrogens (primary N) is 1. The first kappa shape index (κ1) is 16.5. The number of esters is 1. The maximum Gasteiger partial charge on any atom is 0.362 e. The van der Waals surface area contributed by atoms with Crippen molar-refractivity contribution in [2.45, 2.75) is 27.3 Å². The van der Waals surface area contributed by atoms with Gasteiger partial charge in [0.2, 0.25) is 11.6 Å². The molecule has 0 atom stereocenters. The lowest BCUT2D eigenvalue weighted by Crippen LogP contribution is -2.22. The summed E-state index contributed by atoms with van der Waals surface area (Å²) in [6.07, 6.45) is 0. The van der Waals surface area contributed by atoms with Gasteiger partial charge in [0.05, 0.1) is 7.11 Å². The van der Waals surface area contributed by atoms with Gasteiger partial charge in [0.1, 0.15) is 6.54 Å². The third-order valence-electron chi connectivity index (χ3n) is 3.39. The highest BCUT2D eigenvalue weighted by Gasteiger charge is 2.19. The van der Waals surface area contributed by atoms with Crippen LogP contribution in [0.5, 0.6) is 0 Å². The minimum absolute atomic E-state index is 0.00986. The number of anilines is 2. The molecule has 0 unspecified atom stereocenters. The highest BCUT2D eigenvalue weighted by atomic mass is 16.5. The molecular weight excluding hydrogens is 298 g/mol. The van der Waals surface area contributed by atoms with Gasteiger partial charge in [-0.3, -0.25) is 4.79 Å². The van der Waals surface area contributed by atoms with Gasteiger partial charge in [-0.15, -0.1) is 5.10 Å². The molecule has 8 nitrogen and oxygen atoms in total. The number of amides is 1. The molecule has 0 fully saturated rings. The van der Waals surface area contributed by atoms with Gasteiger partial charge >= 0.3 is 5.97 Å². The first-order chi connectivity index (χ1) is 10.8. The van der Waals surface area contributed by atoms with Crippen LogP contribution < -0.4 is 11.1 Å². The number of carbonyl (C=O) groups excluding carboxylic acids is 2. The minimum Gasteiger partial charge on any atom is -0.464 e. The molecule has 1 amide bonds. The second-order valence-electron chi connectivity index (χ2n) is 5.29. The van der Waals surface area contributed by atoms with Crippen LogP contribution >= 0.6 is 0 Å². The summed E-state index contributed by atoms with van der Waals surface area (Å²) < 4.78 is 5.69. The van der Waals surface area contributed by atoms with Crippen molar-refractivity contribution in [1.29, 1.82) is 0 Å². The normalized spacial score (nSPS) is 10.4. The van der Waals surface area contributed by atoms with Crippen LogP contribution in [0.25, 0.3) is 0 Å². The van der Waals surface area contributed by atoms with Crippen molar-refractivity contribution in [3.05, 3.63) is 34.5 Å². The number of aryl methyl sites for hydroxylation is 3. The number of nitrogens with zero attached hydrogens (tertiary/aromatic N) is 3. The predicted molar refractivity (Wildman–Crippen MR) is 85.1 cm³/mol. The average molecular weight is 317 g/mol. The summed E-state index contributed by atoms with van der Waals surface area (Å²) in [6, 6.07) is 3.98. The summed E-state index contributed by atoms with van der Waals surface area (Å²) in [5.41, 5.74) is 9.47. The highest BCUT2D eigenvalue weighted by molar-refractivity contribution is 5.94. The van der Waals surface area contributed by atoms with Crippen molar-refractivity contribution in [2.75, 3.05) is 18.2 Å². The molecule has 0 saturated heterocycles. The van der Waals surface area contributed by atoms with Crippen molar-refractivity contribution in [3.63, 3.8) is 0 Å². The van der Waals surface area contributed by atoms with Crippen LogP contribution in [0.4, 0.5) is 11.5 Å². The van der Waals surface area contributed by atoms with E-state index in [4.69, 9.17) is 5.73 Å². The Labute approximate surface area is 133 Å². The third-order valence-corrected chi connectivity index (χ3v) is 3.39. The van der Waals surface area contributed by atoms with Crippen molar-refractivity contribution in [2.24, 2.45) is 0 Å². The zero-order chi connectivity index (χ0) is 17.1. The van der Waals surface area contributed by atoms with Gasteiger partial charge in [-0.05, 0) is 31.9 Å². The number of carbonyl (C=O) groups is 2. The van der Waals surface area contributed by atoms with E-state index in [0.29, 0.717) is 0 Å². The molecule has 0 bridgehead atoms. The molecule has 1 aromatic heterocycles. The monoisotopic (exact) mass is 317 g/mol. The molecule has 8 heteroatoms. The van der Waals surface area contributed by atoms with Gasteiger partial charge in [-0.2, -0.15) is 0 Å². The Hall–Kier alpha value is -2.90. The molecule has 0 aliphatic carbocycles. The van der Waals surface area contributed by atoms with Crippen LogP contribution in [0, 0.1) is 20.8 Å². The Morgan fingerprint density at radius 3 is 2.43 bits per heavy atom. The van der Waals surface area contributed by atoms with Crippen LogP contribution in [-0.2, 0) is 16.1 Å². The first-order valence-corrected chi connectivity index (χ1v) is 6.98. The summed E-state index contributed by atoms with van der Waals surface area (Å²) >= 11 is 0. The number of rotatable bonds is 4. The lowest BCUT2D eigenvalue weighted by Gasteiger charge is -2.13. The number of benzene rings is 1. The number of hydrogen-bond acceptors (Lipinski definition) is 6.